The highest BCUT2D eigenvalue weighted by atomic mass is 127. The molecule has 33 heavy (non-hydrogen) atoms. The average Bonchev–Trinajstić information content (AvgIpc) is 3.31. The fourth-order valence-corrected chi connectivity index (χ4v) is 3.48. The first-order chi connectivity index (χ1) is 15.6. The highest BCUT2D eigenvalue weighted by molar-refractivity contribution is 14.0. The van der Waals surface area contributed by atoms with Crippen molar-refractivity contribution in [3.8, 4) is 11.5 Å². The molecule has 0 saturated heterocycles. The van der Waals surface area contributed by atoms with Gasteiger partial charge in [0.2, 0.25) is 0 Å². The molecule has 0 spiro atoms. The number of halogens is 1. The number of methoxy groups -OCH3 is 2. The van der Waals surface area contributed by atoms with E-state index < -0.39 is 0 Å². The summed E-state index contributed by atoms with van der Waals surface area (Å²) in [6, 6.07) is 18.1. The van der Waals surface area contributed by atoms with Gasteiger partial charge in [0.25, 0.3) is 0 Å². The van der Waals surface area contributed by atoms with Gasteiger partial charge in [-0.2, -0.15) is 0 Å². The third-order valence-corrected chi connectivity index (χ3v) is 5.15. The van der Waals surface area contributed by atoms with Gasteiger partial charge in [-0.1, -0.05) is 30.3 Å². The number of guanidine groups is 1. The minimum atomic E-state index is 0. The molecule has 0 atom stereocenters. The molecule has 0 aliphatic rings. The van der Waals surface area contributed by atoms with E-state index in [0.717, 1.165) is 47.9 Å². The molecule has 8 heteroatoms. The van der Waals surface area contributed by atoms with Gasteiger partial charge in [0.05, 0.1) is 33.6 Å². The van der Waals surface area contributed by atoms with E-state index in [0.29, 0.717) is 19.0 Å². The SMILES string of the molecule is COc1ccc(CCNC(N)=NCc2ccccc2CN(C)Cc2ccco2)cc1OC.I. The number of nitrogens with zero attached hydrogens (tertiary/aromatic N) is 2. The summed E-state index contributed by atoms with van der Waals surface area (Å²) >= 11 is 0. The molecule has 3 rings (SSSR count). The van der Waals surface area contributed by atoms with Gasteiger partial charge in [-0.15, -0.1) is 24.0 Å². The van der Waals surface area contributed by atoms with E-state index in [1.54, 1.807) is 20.5 Å². The molecule has 0 fully saturated rings. The van der Waals surface area contributed by atoms with Crippen LogP contribution in [0.1, 0.15) is 22.5 Å². The van der Waals surface area contributed by atoms with Crippen LogP contribution in [0.25, 0.3) is 0 Å². The Balaban J connectivity index is 0.00000385. The van der Waals surface area contributed by atoms with Crippen molar-refractivity contribution in [1.29, 1.82) is 0 Å². The number of nitrogens with one attached hydrogen (secondary N) is 1. The van der Waals surface area contributed by atoms with Gasteiger partial charge in [0, 0.05) is 13.1 Å². The fraction of sp³-hybridized carbons (Fsp3) is 0.320. The van der Waals surface area contributed by atoms with Crippen molar-refractivity contribution < 1.29 is 13.9 Å². The molecule has 7 nitrogen and oxygen atoms in total. The second kappa shape index (κ2) is 13.7. The summed E-state index contributed by atoms with van der Waals surface area (Å²) in [6.45, 7) is 2.77. The van der Waals surface area contributed by atoms with Gasteiger partial charge in [-0.25, -0.2) is 4.99 Å². The van der Waals surface area contributed by atoms with Crippen LogP contribution in [0.2, 0.25) is 0 Å². The second-order valence-corrected chi connectivity index (χ2v) is 7.59. The third-order valence-electron chi connectivity index (χ3n) is 5.15. The summed E-state index contributed by atoms with van der Waals surface area (Å²) in [6.07, 6.45) is 2.50. The summed E-state index contributed by atoms with van der Waals surface area (Å²) in [4.78, 5) is 6.75. The molecule has 0 unspecified atom stereocenters. The zero-order valence-electron chi connectivity index (χ0n) is 19.4. The lowest BCUT2D eigenvalue weighted by molar-refractivity contribution is 0.287. The molecule has 0 amide bonds. The van der Waals surface area contributed by atoms with Crippen LogP contribution in [-0.2, 0) is 26.1 Å². The van der Waals surface area contributed by atoms with Crippen LogP contribution in [0.15, 0.2) is 70.3 Å². The summed E-state index contributed by atoms with van der Waals surface area (Å²) < 4.78 is 16.1. The molecule has 0 radical (unpaired) electrons. The standard InChI is InChI=1S/C25H32N4O3.HI/c1-29(18-22-9-6-14-32-22)17-21-8-5-4-7-20(21)16-28-25(26)27-13-12-19-10-11-23(30-2)24(15-19)31-3;/h4-11,14-15H,12-13,16-18H2,1-3H3,(H3,26,27,28);1H. The predicted octanol–water partition coefficient (Wildman–Crippen LogP) is 4.19. The molecule has 3 aromatic rings. The Morgan fingerprint density at radius 1 is 1.00 bits per heavy atom. The van der Waals surface area contributed by atoms with E-state index >= 15 is 0 Å². The predicted molar refractivity (Wildman–Crippen MR) is 142 cm³/mol. The molecule has 0 saturated carbocycles. The van der Waals surface area contributed by atoms with Crippen LogP contribution in [-0.4, -0.2) is 38.7 Å². The van der Waals surface area contributed by atoms with Crippen molar-refractivity contribution in [2.24, 2.45) is 10.7 Å². The van der Waals surface area contributed by atoms with E-state index in [-0.39, 0.29) is 24.0 Å². The fourth-order valence-electron chi connectivity index (χ4n) is 3.48. The number of rotatable bonds is 11. The summed E-state index contributed by atoms with van der Waals surface area (Å²) in [7, 11) is 5.34. The third kappa shape index (κ3) is 8.29. The van der Waals surface area contributed by atoms with Gasteiger partial charge < -0.3 is 24.9 Å². The Bertz CT molecular complexity index is 1010. The van der Waals surface area contributed by atoms with Gasteiger partial charge in [-0.3, -0.25) is 4.90 Å². The van der Waals surface area contributed by atoms with Gasteiger partial charge in [0.1, 0.15) is 5.76 Å². The Morgan fingerprint density at radius 2 is 1.76 bits per heavy atom. The molecular formula is C25H33IN4O3. The number of ether oxygens (including phenoxy) is 2. The Morgan fingerprint density at radius 3 is 2.45 bits per heavy atom. The number of furan rings is 1. The van der Waals surface area contributed by atoms with Crippen LogP contribution in [0.4, 0.5) is 0 Å². The first-order valence-corrected chi connectivity index (χ1v) is 10.6. The van der Waals surface area contributed by atoms with Crippen LogP contribution in [0.5, 0.6) is 11.5 Å². The minimum absolute atomic E-state index is 0. The topological polar surface area (TPSA) is 85.3 Å². The number of hydrogen-bond donors (Lipinski definition) is 2. The van der Waals surface area contributed by atoms with Gasteiger partial charge in [0.15, 0.2) is 17.5 Å². The Kier molecular flexibility index (Phi) is 11.0. The Hall–Kier alpha value is -2.72. The molecule has 0 bridgehead atoms. The van der Waals surface area contributed by atoms with Gasteiger partial charge >= 0.3 is 0 Å². The number of aliphatic imine (C=N–C) groups is 1. The maximum atomic E-state index is 6.10. The first-order valence-electron chi connectivity index (χ1n) is 10.6. The normalized spacial score (nSPS) is 11.2. The lowest BCUT2D eigenvalue weighted by Crippen LogP contribution is -2.33. The van der Waals surface area contributed by atoms with E-state index in [4.69, 9.17) is 19.6 Å². The smallest absolute Gasteiger partial charge is 0.188 e. The number of benzene rings is 2. The number of nitrogens with two attached hydrogens (primary N) is 1. The average molecular weight is 564 g/mol. The highest BCUT2D eigenvalue weighted by Gasteiger charge is 2.08. The molecular weight excluding hydrogens is 531 g/mol. The van der Waals surface area contributed by atoms with Crippen LogP contribution >= 0.6 is 24.0 Å². The quantitative estimate of drug-likeness (QED) is 0.207. The Labute approximate surface area is 213 Å². The monoisotopic (exact) mass is 564 g/mol. The van der Waals surface area contributed by atoms with Crippen molar-refractivity contribution in [3.05, 3.63) is 83.3 Å². The van der Waals surface area contributed by atoms with E-state index in [2.05, 4.69) is 34.4 Å². The van der Waals surface area contributed by atoms with E-state index in [9.17, 15) is 0 Å². The van der Waals surface area contributed by atoms with Crippen LogP contribution < -0.4 is 20.5 Å². The molecule has 178 valence electrons. The summed E-state index contributed by atoms with van der Waals surface area (Å²) in [5, 5.41) is 3.19. The second-order valence-electron chi connectivity index (χ2n) is 7.59. The summed E-state index contributed by atoms with van der Waals surface area (Å²) in [5.74, 6) is 2.83. The first kappa shape index (κ1) is 26.5. The lowest BCUT2D eigenvalue weighted by atomic mass is 10.1. The van der Waals surface area contributed by atoms with E-state index in [1.165, 1.54) is 5.56 Å². The molecule has 3 N–H and O–H groups in total. The zero-order valence-corrected chi connectivity index (χ0v) is 21.7. The maximum Gasteiger partial charge on any atom is 0.188 e. The molecule has 1 heterocycles. The minimum Gasteiger partial charge on any atom is -0.493 e. The van der Waals surface area contributed by atoms with Crippen LogP contribution in [0.3, 0.4) is 0 Å². The number of hydrogen-bond acceptors (Lipinski definition) is 5. The summed E-state index contributed by atoms with van der Waals surface area (Å²) in [5.41, 5.74) is 9.61. The van der Waals surface area contributed by atoms with Crippen LogP contribution in [0, 0.1) is 0 Å². The highest BCUT2D eigenvalue weighted by Crippen LogP contribution is 2.27. The van der Waals surface area contributed by atoms with Crippen molar-refractivity contribution in [2.75, 3.05) is 27.8 Å². The zero-order chi connectivity index (χ0) is 22.8. The lowest BCUT2D eigenvalue weighted by Gasteiger charge is -2.17. The molecule has 2 aromatic carbocycles. The largest absolute Gasteiger partial charge is 0.493 e. The molecule has 0 aliphatic carbocycles. The van der Waals surface area contributed by atoms with Crippen molar-refractivity contribution >= 4 is 29.9 Å². The van der Waals surface area contributed by atoms with Crippen molar-refractivity contribution in [1.82, 2.24) is 10.2 Å². The van der Waals surface area contributed by atoms with E-state index in [1.807, 2.05) is 42.5 Å². The molecule has 0 aliphatic heterocycles. The van der Waals surface area contributed by atoms with Crippen molar-refractivity contribution in [3.63, 3.8) is 0 Å². The van der Waals surface area contributed by atoms with Crippen molar-refractivity contribution in [2.45, 2.75) is 26.1 Å². The van der Waals surface area contributed by atoms with Gasteiger partial charge in [-0.05, 0) is 54.4 Å². The molecule has 1 aromatic heterocycles. The maximum absolute atomic E-state index is 6.10.